The first-order valence-electron chi connectivity index (χ1n) is 16.0. The number of nitrogens with one attached hydrogen (secondary N) is 1. The molecule has 0 atom stereocenters. The van der Waals surface area contributed by atoms with Gasteiger partial charge in [-0.15, -0.1) is 0 Å². The highest BCUT2D eigenvalue weighted by Gasteiger charge is 2.19. The van der Waals surface area contributed by atoms with Crippen LogP contribution >= 0.6 is 0 Å². The van der Waals surface area contributed by atoms with E-state index < -0.39 is 16.1 Å². The molecule has 4 heterocycles. The number of aromatic nitrogens is 7. The van der Waals surface area contributed by atoms with Crippen LogP contribution in [0.25, 0.3) is 55.8 Å². The predicted molar refractivity (Wildman–Crippen MR) is 192 cm³/mol. The Morgan fingerprint density at radius 1 is 0.848 bits per heavy atom. The molecule has 0 saturated heterocycles. The highest BCUT2D eigenvalue weighted by molar-refractivity contribution is 6.76. The summed E-state index contributed by atoms with van der Waals surface area (Å²) >= 11 is 0. The van der Waals surface area contributed by atoms with Crippen molar-refractivity contribution in [3.05, 3.63) is 72.9 Å². The van der Waals surface area contributed by atoms with Gasteiger partial charge in [-0.3, -0.25) is 4.98 Å². The summed E-state index contributed by atoms with van der Waals surface area (Å²) in [5.74, 6) is 0.741. The minimum absolute atomic E-state index is 0.390. The number of aromatic amines is 1. The number of hydrogen-bond donors (Lipinski definition) is 1. The second-order valence-corrected chi connectivity index (χ2v) is 25.8. The Kier molecular flexibility index (Phi) is 9.11. The molecule has 0 radical (unpaired) electrons. The third-order valence-corrected chi connectivity index (χ3v) is 11.7. The first-order valence-corrected chi connectivity index (χ1v) is 23.4. The van der Waals surface area contributed by atoms with Crippen molar-refractivity contribution in [3.8, 4) is 33.9 Å². The largest absolute Gasteiger partial charge is 0.361 e. The van der Waals surface area contributed by atoms with Crippen molar-refractivity contribution in [1.82, 2.24) is 34.3 Å². The van der Waals surface area contributed by atoms with Crippen LogP contribution in [0.1, 0.15) is 5.56 Å². The van der Waals surface area contributed by atoms with Gasteiger partial charge >= 0.3 is 0 Å². The normalized spacial score (nSPS) is 12.5. The third kappa shape index (κ3) is 7.38. The van der Waals surface area contributed by atoms with Crippen molar-refractivity contribution in [2.45, 2.75) is 71.8 Å². The number of imidazole rings is 2. The molecule has 0 bridgehead atoms. The van der Waals surface area contributed by atoms with Gasteiger partial charge in [-0.25, -0.2) is 14.6 Å². The van der Waals surface area contributed by atoms with Crippen LogP contribution < -0.4 is 0 Å². The van der Waals surface area contributed by atoms with Crippen LogP contribution in [0.3, 0.4) is 0 Å². The van der Waals surface area contributed by atoms with Crippen LogP contribution in [0.4, 0.5) is 0 Å². The average Bonchev–Trinajstić information content (AvgIpc) is 3.73. The van der Waals surface area contributed by atoms with Crippen LogP contribution in [0.15, 0.2) is 67.4 Å². The van der Waals surface area contributed by atoms with E-state index >= 15 is 0 Å². The van der Waals surface area contributed by atoms with Crippen molar-refractivity contribution in [2.75, 3.05) is 13.2 Å². The number of benzene rings is 2. The van der Waals surface area contributed by atoms with Crippen LogP contribution in [-0.2, 0) is 22.9 Å². The Bertz CT molecular complexity index is 1930. The minimum Gasteiger partial charge on any atom is -0.361 e. The highest BCUT2D eigenvalue weighted by Crippen LogP contribution is 2.35. The maximum absolute atomic E-state index is 6.14. The molecule has 0 aliphatic heterocycles. The fourth-order valence-corrected chi connectivity index (χ4v) is 6.92. The Morgan fingerprint density at radius 2 is 1.57 bits per heavy atom. The lowest BCUT2D eigenvalue weighted by molar-refractivity contribution is 0.0818. The van der Waals surface area contributed by atoms with Gasteiger partial charge in [-0.05, 0) is 54.4 Å². The van der Waals surface area contributed by atoms with Crippen LogP contribution in [0.5, 0.6) is 0 Å². The first kappa shape index (κ1) is 32.1. The van der Waals surface area contributed by atoms with Gasteiger partial charge in [0.1, 0.15) is 19.2 Å². The van der Waals surface area contributed by atoms with Crippen molar-refractivity contribution >= 4 is 38.1 Å². The summed E-state index contributed by atoms with van der Waals surface area (Å²) in [6.07, 6.45) is 7.70. The zero-order valence-electron chi connectivity index (χ0n) is 28.1. The number of pyridine rings is 1. The lowest BCUT2D eigenvalue weighted by atomic mass is 9.97. The minimum atomic E-state index is -1.19. The van der Waals surface area contributed by atoms with Gasteiger partial charge in [-0.1, -0.05) is 57.5 Å². The smallest absolute Gasteiger partial charge is 0.159 e. The van der Waals surface area contributed by atoms with Gasteiger partial charge in [0.05, 0.1) is 28.6 Å². The van der Waals surface area contributed by atoms with Gasteiger partial charge in [0.15, 0.2) is 5.82 Å². The SMILES string of the molecule is Cc1c(-c2ccc3c(c2)c(-c2nc4ccccc4[nH]2)nn3COCC[Si](C)(C)C)cncc1-c1cn(COCC[Si](C)(C)C)cn1. The van der Waals surface area contributed by atoms with Gasteiger partial charge in [0.25, 0.3) is 0 Å². The molecule has 9 nitrogen and oxygen atoms in total. The first-order chi connectivity index (χ1) is 21.9. The van der Waals surface area contributed by atoms with E-state index in [1.54, 1.807) is 0 Å². The van der Waals surface area contributed by atoms with E-state index in [0.717, 1.165) is 86.7 Å². The molecule has 2 aromatic carbocycles. The van der Waals surface area contributed by atoms with E-state index in [0.29, 0.717) is 13.5 Å². The lowest BCUT2D eigenvalue weighted by Gasteiger charge is -2.15. The Hall–Kier alpha value is -3.91. The maximum atomic E-state index is 6.14. The summed E-state index contributed by atoms with van der Waals surface area (Å²) < 4.78 is 16.0. The predicted octanol–water partition coefficient (Wildman–Crippen LogP) is 8.44. The standard InChI is InChI=1S/C35H45N7O2Si2/c1-25-28(19-36-20-29(25)32-21-41(22-37-32)23-43-14-16-45(2,3)4)26-12-13-33-27(18-26)34(35-38-30-10-8-9-11-31(30)39-35)40-42(33)24-44-15-17-46(5,6)7/h8-13,18-22H,14-17,23-24H2,1-7H3,(H,38,39). The molecule has 0 amide bonds. The summed E-state index contributed by atoms with van der Waals surface area (Å²) in [6.45, 7) is 18.7. The van der Waals surface area contributed by atoms with Crippen molar-refractivity contribution in [3.63, 3.8) is 0 Å². The molecule has 6 rings (SSSR count). The number of nitrogens with zero attached hydrogens (tertiary/aromatic N) is 6. The van der Waals surface area contributed by atoms with E-state index in [2.05, 4.69) is 74.4 Å². The van der Waals surface area contributed by atoms with E-state index in [-0.39, 0.29) is 0 Å². The number of rotatable bonds is 13. The van der Waals surface area contributed by atoms with Crippen molar-refractivity contribution in [1.29, 1.82) is 0 Å². The molecular weight excluding hydrogens is 607 g/mol. The highest BCUT2D eigenvalue weighted by atomic mass is 28.3. The molecule has 0 saturated carbocycles. The molecule has 1 N–H and O–H groups in total. The molecule has 0 fully saturated rings. The van der Waals surface area contributed by atoms with E-state index in [4.69, 9.17) is 24.5 Å². The topological polar surface area (TPSA) is 95.7 Å². The van der Waals surface area contributed by atoms with Crippen LogP contribution in [0.2, 0.25) is 51.4 Å². The van der Waals surface area contributed by atoms with E-state index in [1.165, 1.54) is 0 Å². The van der Waals surface area contributed by atoms with Crippen LogP contribution in [0, 0.1) is 6.92 Å². The summed E-state index contributed by atoms with van der Waals surface area (Å²) in [6, 6.07) is 16.8. The third-order valence-electron chi connectivity index (χ3n) is 8.25. The number of H-pyrrole nitrogens is 1. The molecule has 11 heteroatoms. The molecular formula is C35H45N7O2Si2. The molecule has 240 valence electrons. The van der Waals surface area contributed by atoms with Gasteiger partial charge in [0, 0.05) is 64.5 Å². The van der Waals surface area contributed by atoms with Gasteiger partial charge in [0.2, 0.25) is 0 Å². The Labute approximate surface area is 273 Å². The molecule has 0 spiro atoms. The quantitative estimate of drug-likeness (QED) is 0.0995. The summed E-state index contributed by atoms with van der Waals surface area (Å²) in [5.41, 5.74) is 8.81. The molecule has 0 aliphatic carbocycles. The molecule has 6 aromatic rings. The molecule has 0 aliphatic rings. The Balaban J connectivity index is 1.32. The average molecular weight is 652 g/mol. The fraction of sp³-hybridized carbons (Fsp3) is 0.371. The zero-order chi connectivity index (χ0) is 32.5. The molecule has 0 unspecified atom stereocenters. The second-order valence-electron chi connectivity index (χ2n) is 14.5. The van der Waals surface area contributed by atoms with Gasteiger partial charge < -0.3 is 19.0 Å². The number of fused-ring (bicyclic) bond motifs is 2. The monoisotopic (exact) mass is 651 g/mol. The summed E-state index contributed by atoms with van der Waals surface area (Å²) in [5, 5.41) is 6.04. The second kappa shape index (κ2) is 13.1. The molecule has 4 aromatic heterocycles. The van der Waals surface area contributed by atoms with E-state index in [1.807, 2.05) is 58.4 Å². The van der Waals surface area contributed by atoms with Crippen molar-refractivity contribution < 1.29 is 9.47 Å². The zero-order valence-corrected chi connectivity index (χ0v) is 30.1. The molecule has 46 heavy (non-hydrogen) atoms. The number of ether oxygens (including phenoxy) is 2. The fourth-order valence-electron chi connectivity index (χ4n) is 5.41. The summed E-state index contributed by atoms with van der Waals surface area (Å²) in [4.78, 5) is 17.7. The van der Waals surface area contributed by atoms with Crippen LogP contribution in [-0.4, -0.2) is 63.6 Å². The maximum Gasteiger partial charge on any atom is 0.159 e. The van der Waals surface area contributed by atoms with Crippen molar-refractivity contribution in [2.24, 2.45) is 0 Å². The number of para-hydroxylation sites is 2. The summed E-state index contributed by atoms with van der Waals surface area (Å²) in [7, 11) is -2.32. The Morgan fingerprint density at radius 3 is 2.30 bits per heavy atom. The number of hydrogen-bond acceptors (Lipinski definition) is 6. The lowest BCUT2D eigenvalue weighted by Crippen LogP contribution is -2.22. The van der Waals surface area contributed by atoms with E-state index in [9.17, 15) is 0 Å². The van der Waals surface area contributed by atoms with Gasteiger partial charge in [-0.2, -0.15) is 5.10 Å².